The van der Waals surface area contributed by atoms with E-state index in [0.29, 0.717) is 9.87 Å². The van der Waals surface area contributed by atoms with Crippen molar-refractivity contribution in [3.05, 3.63) is 11.1 Å². The van der Waals surface area contributed by atoms with Crippen LogP contribution in [0.1, 0.15) is 28.9 Å². The average Bonchev–Trinajstić information content (AvgIpc) is 2.86. The molecule has 2 unspecified atom stereocenters. The zero-order chi connectivity index (χ0) is 11.5. The molecule has 0 spiro atoms. The summed E-state index contributed by atoms with van der Waals surface area (Å²) in [5.74, 6) is -0.0111. The highest BCUT2D eigenvalue weighted by molar-refractivity contribution is 7.80. The van der Waals surface area contributed by atoms with Crippen LogP contribution in [0, 0.1) is 5.92 Å². The van der Waals surface area contributed by atoms with Crippen LogP contribution >= 0.6 is 23.8 Å². The fourth-order valence-corrected chi connectivity index (χ4v) is 2.68. The lowest BCUT2D eigenvalue weighted by atomic mass is 10.0. The Kier molecular flexibility index (Phi) is 3.45. The Hall–Kier alpha value is -1.08. The van der Waals surface area contributed by atoms with Crippen molar-refractivity contribution >= 4 is 34.6 Å². The Morgan fingerprint density at radius 3 is 3.06 bits per heavy atom. The minimum absolute atomic E-state index is 0.0621. The molecule has 0 saturated heterocycles. The zero-order valence-electron chi connectivity index (χ0n) is 8.55. The molecule has 7 heteroatoms. The van der Waals surface area contributed by atoms with E-state index < -0.39 is 0 Å². The minimum atomic E-state index is -0.136. The second kappa shape index (κ2) is 4.84. The molecule has 1 aromatic rings. The Balaban J connectivity index is 1.99. The number of thiocarbonyl (C=S) groups is 1. The van der Waals surface area contributed by atoms with Crippen molar-refractivity contribution in [3.63, 3.8) is 0 Å². The SMILES string of the molecule is NC(=S)C1CCCC1NC(=O)c1cnns1. The Labute approximate surface area is 103 Å². The fourth-order valence-electron chi connectivity index (χ4n) is 1.98. The van der Waals surface area contributed by atoms with Crippen molar-refractivity contribution in [1.29, 1.82) is 0 Å². The first-order chi connectivity index (χ1) is 7.68. The summed E-state index contributed by atoms with van der Waals surface area (Å²) in [4.78, 5) is 12.8. The molecule has 3 N–H and O–H groups in total. The van der Waals surface area contributed by atoms with Crippen molar-refractivity contribution in [2.75, 3.05) is 0 Å². The molecule has 1 fully saturated rings. The molecule has 1 amide bonds. The molecule has 1 saturated carbocycles. The van der Waals surface area contributed by atoms with Gasteiger partial charge in [-0.05, 0) is 24.4 Å². The van der Waals surface area contributed by atoms with E-state index in [-0.39, 0.29) is 17.9 Å². The van der Waals surface area contributed by atoms with E-state index >= 15 is 0 Å². The minimum Gasteiger partial charge on any atom is -0.393 e. The largest absolute Gasteiger partial charge is 0.393 e. The lowest BCUT2D eigenvalue weighted by Crippen LogP contribution is -2.41. The van der Waals surface area contributed by atoms with E-state index in [4.69, 9.17) is 18.0 Å². The van der Waals surface area contributed by atoms with Crippen molar-refractivity contribution < 1.29 is 4.79 Å². The third-order valence-corrected chi connectivity index (χ3v) is 3.75. The predicted octanol–water partition coefficient (Wildman–Crippen LogP) is 0.723. The van der Waals surface area contributed by atoms with Gasteiger partial charge in [-0.2, -0.15) is 0 Å². The maximum absolute atomic E-state index is 11.8. The topological polar surface area (TPSA) is 80.9 Å². The quantitative estimate of drug-likeness (QED) is 0.779. The van der Waals surface area contributed by atoms with Crippen LogP contribution in [-0.2, 0) is 0 Å². The number of nitrogens with two attached hydrogens (primary N) is 1. The van der Waals surface area contributed by atoms with Crippen LogP contribution in [0.5, 0.6) is 0 Å². The van der Waals surface area contributed by atoms with E-state index in [1.807, 2.05) is 0 Å². The first-order valence-electron chi connectivity index (χ1n) is 5.06. The van der Waals surface area contributed by atoms with Crippen molar-refractivity contribution in [2.24, 2.45) is 11.7 Å². The molecule has 86 valence electrons. The van der Waals surface area contributed by atoms with Gasteiger partial charge < -0.3 is 11.1 Å². The zero-order valence-corrected chi connectivity index (χ0v) is 10.2. The third-order valence-electron chi connectivity index (χ3n) is 2.78. The standard InChI is InChI=1S/C9H12N4OS2/c10-8(15)5-2-1-3-6(5)12-9(14)7-4-11-13-16-7/h4-6H,1-3H2,(H2,10,15)(H,12,14). The van der Waals surface area contributed by atoms with Gasteiger partial charge in [-0.25, -0.2) is 0 Å². The molecule has 5 nitrogen and oxygen atoms in total. The monoisotopic (exact) mass is 256 g/mol. The number of carbonyl (C=O) groups is 1. The predicted molar refractivity (Wildman–Crippen MR) is 65.3 cm³/mol. The van der Waals surface area contributed by atoms with Gasteiger partial charge in [0.05, 0.1) is 11.2 Å². The van der Waals surface area contributed by atoms with Gasteiger partial charge in [-0.1, -0.05) is 23.1 Å². The molecule has 2 atom stereocenters. The molecule has 1 aliphatic rings. The fraction of sp³-hybridized carbons (Fsp3) is 0.556. The molecule has 0 aliphatic heterocycles. The summed E-state index contributed by atoms with van der Waals surface area (Å²) < 4.78 is 3.65. The Morgan fingerprint density at radius 2 is 2.44 bits per heavy atom. The smallest absolute Gasteiger partial charge is 0.264 e. The number of nitrogens with zero attached hydrogens (tertiary/aromatic N) is 2. The highest BCUT2D eigenvalue weighted by atomic mass is 32.1. The highest BCUT2D eigenvalue weighted by Crippen LogP contribution is 2.26. The van der Waals surface area contributed by atoms with Crippen LogP contribution in [0.25, 0.3) is 0 Å². The first-order valence-corrected chi connectivity index (χ1v) is 6.24. The number of amides is 1. The summed E-state index contributed by atoms with van der Waals surface area (Å²) >= 11 is 6.08. The summed E-state index contributed by atoms with van der Waals surface area (Å²) in [5, 5.41) is 6.57. The van der Waals surface area contributed by atoms with Crippen molar-refractivity contribution in [3.8, 4) is 0 Å². The average molecular weight is 256 g/mol. The summed E-state index contributed by atoms with van der Waals surface area (Å²) in [5.41, 5.74) is 5.64. The normalized spacial score (nSPS) is 24.2. The molecule has 1 heterocycles. The molecule has 2 rings (SSSR count). The second-order valence-corrected chi connectivity index (χ2v) is 5.06. The molecule has 0 radical (unpaired) electrons. The molecular formula is C9H12N4OS2. The second-order valence-electron chi connectivity index (χ2n) is 3.80. The number of hydrogen-bond donors (Lipinski definition) is 2. The third kappa shape index (κ3) is 2.35. The van der Waals surface area contributed by atoms with Crippen LogP contribution in [0.2, 0.25) is 0 Å². The lowest BCUT2D eigenvalue weighted by molar-refractivity contribution is 0.0937. The molecular weight excluding hydrogens is 244 g/mol. The van der Waals surface area contributed by atoms with Gasteiger partial charge in [0.25, 0.3) is 5.91 Å². The van der Waals surface area contributed by atoms with E-state index in [1.165, 1.54) is 6.20 Å². The highest BCUT2D eigenvalue weighted by Gasteiger charge is 2.30. The molecule has 16 heavy (non-hydrogen) atoms. The Bertz CT molecular complexity index is 392. The number of aromatic nitrogens is 2. The number of nitrogens with one attached hydrogen (secondary N) is 1. The van der Waals surface area contributed by atoms with Gasteiger partial charge in [-0.3, -0.25) is 4.79 Å². The summed E-state index contributed by atoms with van der Waals surface area (Å²) in [6.45, 7) is 0. The van der Waals surface area contributed by atoms with Crippen LogP contribution in [0.4, 0.5) is 0 Å². The van der Waals surface area contributed by atoms with Gasteiger partial charge in [-0.15, -0.1) is 5.10 Å². The first kappa shape index (κ1) is 11.4. The van der Waals surface area contributed by atoms with Gasteiger partial charge in [0, 0.05) is 12.0 Å². The number of carbonyl (C=O) groups excluding carboxylic acids is 1. The van der Waals surface area contributed by atoms with Crippen LogP contribution < -0.4 is 11.1 Å². The van der Waals surface area contributed by atoms with E-state index in [9.17, 15) is 4.79 Å². The van der Waals surface area contributed by atoms with Crippen molar-refractivity contribution in [1.82, 2.24) is 14.9 Å². The van der Waals surface area contributed by atoms with E-state index in [2.05, 4.69) is 14.9 Å². The number of rotatable bonds is 3. The van der Waals surface area contributed by atoms with Crippen LogP contribution in [-0.4, -0.2) is 26.5 Å². The maximum atomic E-state index is 11.8. The summed E-state index contributed by atoms with van der Waals surface area (Å²) in [6, 6.07) is 0.0621. The van der Waals surface area contributed by atoms with Gasteiger partial charge >= 0.3 is 0 Å². The van der Waals surface area contributed by atoms with Gasteiger partial charge in [0.1, 0.15) is 4.88 Å². The van der Waals surface area contributed by atoms with E-state index in [1.54, 1.807) is 0 Å². The van der Waals surface area contributed by atoms with Crippen LogP contribution in [0.15, 0.2) is 6.20 Å². The summed E-state index contributed by atoms with van der Waals surface area (Å²) in [6.07, 6.45) is 4.40. The molecule has 0 bridgehead atoms. The maximum Gasteiger partial charge on any atom is 0.264 e. The van der Waals surface area contributed by atoms with E-state index in [0.717, 1.165) is 30.8 Å². The van der Waals surface area contributed by atoms with Gasteiger partial charge in [0.15, 0.2) is 0 Å². The molecule has 0 aromatic carbocycles. The number of hydrogen-bond acceptors (Lipinski definition) is 5. The lowest BCUT2D eigenvalue weighted by Gasteiger charge is -2.19. The van der Waals surface area contributed by atoms with Gasteiger partial charge in [0.2, 0.25) is 0 Å². The molecule has 1 aromatic heterocycles. The van der Waals surface area contributed by atoms with Crippen molar-refractivity contribution in [2.45, 2.75) is 25.3 Å². The molecule has 1 aliphatic carbocycles. The summed E-state index contributed by atoms with van der Waals surface area (Å²) in [7, 11) is 0. The Morgan fingerprint density at radius 1 is 1.62 bits per heavy atom. The van der Waals surface area contributed by atoms with Crippen LogP contribution in [0.3, 0.4) is 0 Å².